The highest BCUT2D eigenvalue weighted by Gasteiger charge is 2.56. The molecule has 326 valence electrons. The summed E-state index contributed by atoms with van der Waals surface area (Å²) in [6.45, 7) is 8.79. The van der Waals surface area contributed by atoms with Gasteiger partial charge in [0.1, 0.15) is 67.6 Å². The maximum Gasteiger partial charge on any atom is 0.303 e. The molecule has 3 aliphatic heterocycles. The fraction of sp³-hybridized carbons (Fsp3) is 0.838. The molecular formula is C37H58O20. The minimum Gasteiger partial charge on any atom is -0.463 e. The van der Waals surface area contributed by atoms with Gasteiger partial charge in [0.2, 0.25) is 0 Å². The van der Waals surface area contributed by atoms with Crippen molar-refractivity contribution in [1.82, 2.24) is 0 Å². The molecule has 0 aromatic rings. The molecule has 20 nitrogen and oxygen atoms in total. The van der Waals surface area contributed by atoms with E-state index >= 15 is 0 Å². The van der Waals surface area contributed by atoms with E-state index in [1.807, 2.05) is 20.8 Å². The zero-order valence-electron chi connectivity index (χ0n) is 33.1. The normalized spacial score (nSPS) is 40.1. The van der Waals surface area contributed by atoms with Crippen LogP contribution in [0, 0.1) is 11.3 Å². The third-order valence-corrected chi connectivity index (χ3v) is 10.6. The number of carbonyl (C=O) groups excluding carboxylic acids is 4. The van der Waals surface area contributed by atoms with E-state index in [1.165, 1.54) is 0 Å². The van der Waals surface area contributed by atoms with Crippen molar-refractivity contribution < 1.29 is 97.6 Å². The maximum absolute atomic E-state index is 12.6. The van der Waals surface area contributed by atoms with Crippen molar-refractivity contribution in [3.05, 3.63) is 11.6 Å². The molecule has 57 heavy (non-hydrogen) atoms. The van der Waals surface area contributed by atoms with Crippen LogP contribution in [0.2, 0.25) is 0 Å². The molecule has 20 heteroatoms. The second-order valence-corrected chi connectivity index (χ2v) is 15.7. The minimum atomic E-state index is -2.02. The SMILES string of the molecule is CC(=O)OC[C@H]1O[C@@H](O[C@@H](C)CC[C@H]2C(C)=CC(=O)CC2(C)C)[C@H](OC(C)=O)[C@@H](OC(C)=O)[C@@H]1O[C@@H]1O[C@H](CO)[C@@H](O[C@@H]2O[C@H](CO)[C@@H](O)[C@H](O)[C@H]2O)[C@H](O)[C@H]1O. The lowest BCUT2D eigenvalue weighted by Gasteiger charge is -2.49. The number of esters is 3. The van der Waals surface area contributed by atoms with E-state index in [0.29, 0.717) is 19.3 Å². The van der Waals surface area contributed by atoms with Gasteiger partial charge in [-0.2, -0.15) is 0 Å². The standard InChI is InChI=1S/C37H58O20/c1-15-10-20(43)11-37(6,7)21(15)9-8-16(2)50-36-33(52-19(5)42)32(51-18(4)41)31(24(55-36)14-49-17(3)40)57-35-29(48)27(46)30(23(13-39)54-35)56-34-28(47)26(45)25(44)22(12-38)53-34/h10,16,21-36,38-39,44-48H,8-9,11-14H2,1-7H3/t16-,21-,22+,23+,24+,25+,26-,27+,28+,29+,30+,31+,32-,33+,34-,35-,36+/m0/s1. The van der Waals surface area contributed by atoms with E-state index in [1.54, 1.807) is 13.0 Å². The second-order valence-electron chi connectivity index (χ2n) is 15.7. The van der Waals surface area contributed by atoms with Gasteiger partial charge >= 0.3 is 17.9 Å². The lowest BCUT2D eigenvalue weighted by Crippen LogP contribution is -2.67. The summed E-state index contributed by atoms with van der Waals surface area (Å²) in [5.74, 6) is -2.31. The Hall–Kier alpha value is -2.70. The van der Waals surface area contributed by atoms with Crippen LogP contribution in [0.1, 0.15) is 67.7 Å². The first-order chi connectivity index (χ1) is 26.7. The van der Waals surface area contributed by atoms with Crippen LogP contribution < -0.4 is 0 Å². The average molecular weight is 823 g/mol. The zero-order chi connectivity index (χ0) is 42.5. The van der Waals surface area contributed by atoms with Gasteiger partial charge in [0.25, 0.3) is 0 Å². The highest BCUT2D eigenvalue weighted by atomic mass is 16.8. The summed E-state index contributed by atoms with van der Waals surface area (Å²) < 4.78 is 51.8. The van der Waals surface area contributed by atoms with Gasteiger partial charge in [-0.05, 0) is 44.1 Å². The van der Waals surface area contributed by atoms with Crippen molar-refractivity contribution in [3.8, 4) is 0 Å². The Balaban J connectivity index is 1.59. The highest BCUT2D eigenvalue weighted by Crippen LogP contribution is 2.43. The fourth-order valence-electron chi connectivity index (χ4n) is 7.86. The Bertz CT molecular complexity index is 1420. The van der Waals surface area contributed by atoms with Crippen molar-refractivity contribution in [2.75, 3.05) is 19.8 Å². The number of allylic oxidation sites excluding steroid dienone is 2. The molecule has 4 rings (SSSR count). The summed E-state index contributed by atoms with van der Waals surface area (Å²) >= 11 is 0. The number of ether oxygens (including phenoxy) is 9. The molecule has 0 spiro atoms. The Morgan fingerprint density at radius 3 is 1.84 bits per heavy atom. The number of carbonyl (C=O) groups is 4. The minimum absolute atomic E-state index is 0.0544. The van der Waals surface area contributed by atoms with E-state index in [4.69, 9.17) is 42.6 Å². The third kappa shape index (κ3) is 11.5. The number of hydrogen-bond acceptors (Lipinski definition) is 20. The van der Waals surface area contributed by atoms with Crippen molar-refractivity contribution in [2.45, 2.75) is 166 Å². The summed E-state index contributed by atoms with van der Waals surface area (Å²) in [6, 6.07) is 0. The number of ketones is 1. The van der Waals surface area contributed by atoms with Gasteiger partial charge in [-0.1, -0.05) is 19.4 Å². The molecule has 3 heterocycles. The van der Waals surface area contributed by atoms with Gasteiger partial charge in [0.15, 0.2) is 36.9 Å². The molecule has 7 N–H and O–H groups in total. The van der Waals surface area contributed by atoms with Gasteiger partial charge in [0.05, 0.1) is 19.3 Å². The van der Waals surface area contributed by atoms with Crippen LogP contribution in [-0.2, 0) is 61.8 Å². The van der Waals surface area contributed by atoms with Crippen LogP contribution in [0.3, 0.4) is 0 Å². The first-order valence-corrected chi connectivity index (χ1v) is 18.9. The summed E-state index contributed by atoms with van der Waals surface area (Å²) in [4.78, 5) is 49.3. The molecule has 1 aliphatic carbocycles. The average Bonchev–Trinajstić information content (AvgIpc) is 3.11. The Morgan fingerprint density at radius 2 is 1.28 bits per heavy atom. The van der Waals surface area contributed by atoms with Gasteiger partial charge in [-0.25, -0.2) is 0 Å². The van der Waals surface area contributed by atoms with Gasteiger partial charge < -0.3 is 78.4 Å². The molecule has 0 radical (unpaired) electrons. The Morgan fingerprint density at radius 1 is 0.737 bits per heavy atom. The van der Waals surface area contributed by atoms with Crippen LogP contribution >= 0.6 is 0 Å². The predicted octanol–water partition coefficient (Wildman–Crippen LogP) is -2.11. The maximum atomic E-state index is 12.6. The predicted molar refractivity (Wildman–Crippen MR) is 188 cm³/mol. The van der Waals surface area contributed by atoms with E-state index in [2.05, 4.69) is 0 Å². The first-order valence-electron chi connectivity index (χ1n) is 18.9. The van der Waals surface area contributed by atoms with E-state index in [9.17, 15) is 54.9 Å². The largest absolute Gasteiger partial charge is 0.463 e. The lowest BCUT2D eigenvalue weighted by atomic mass is 9.66. The first kappa shape index (κ1) is 47.0. The molecule has 0 amide bonds. The molecule has 3 saturated heterocycles. The number of aliphatic hydroxyl groups is 7. The number of rotatable bonds is 15. The Kier molecular flexibility index (Phi) is 16.5. The fourth-order valence-corrected chi connectivity index (χ4v) is 7.86. The number of hydrogen-bond donors (Lipinski definition) is 7. The lowest BCUT2D eigenvalue weighted by molar-refractivity contribution is -0.381. The molecule has 4 aliphatic rings. The van der Waals surface area contributed by atoms with Crippen LogP contribution in [-0.4, -0.2) is 177 Å². The monoisotopic (exact) mass is 822 g/mol. The topological polar surface area (TPSA) is 293 Å². The van der Waals surface area contributed by atoms with E-state index in [0.717, 1.165) is 26.3 Å². The van der Waals surface area contributed by atoms with Crippen molar-refractivity contribution in [1.29, 1.82) is 0 Å². The van der Waals surface area contributed by atoms with Crippen LogP contribution in [0.15, 0.2) is 11.6 Å². The Labute approximate surface area is 329 Å². The molecule has 0 aromatic carbocycles. The second kappa shape index (κ2) is 20.0. The van der Waals surface area contributed by atoms with Gasteiger partial charge in [0, 0.05) is 27.2 Å². The van der Waals surface area contributed by atoms with Crippen LogP contribution in [0.5, 0.6) is 0 Å². The third-order valence-electron chi connectivity index (χ3n) is 10.6. The smallest absolute Gasteiger partial charge is 0.303 e. The highest BCUT2D eigenvalue weighted by molar-refractivity contribution is 5.92. The van der Waals surface area contributed by atoms with Gasteiger partial charge in [-0.15, -0.1) is 0 Å². The summed E-state index contributed by atoms with van der Waals surface area (Å²) in [6.07, 6.45) is -22.6. The molecule has 17 atom stereocenters. The summed E-state index contributed by atoms with van der Waals surface area (Å²) in [5.41, 5.74) is 0.636. The zero-order valence-corrected chi connectivity index (χ0v) is 33.1. The van der Waals surface area contributed by atoms with Crippen LogP contribution in [0.25, 0.3) is 0 Å². The summed E-state index contributed by atoms with van der Waals surface area (Å²) in [5, 5.41) is 73.1. The van der Waals surface area contributed by atoms with Gasteiger partial charge in [-0.3, -0.25) is 19.2 Å². The van der Waals surface area contributed by atoms with Crippen molar-refractivity contribution in [3.63, 3.8) is 0 Å². The van der Waals surface area contributed by atoms with E-state index < -0.39 is 136 Å². The molecule has 0 unspecified atom stereocenters. The summed E-state index contributed by atoms with van der Waals surface area (Å²) in [7, 11) is 0. The van der Waals surface area contributed by atoms with Crippen molar-refractivity contribution >= 4 is 23.7 Å². The number of aliphatic hydroxyl groups excluding tert-OH is 7. The van der Waals surface area contributed by atoms with Crippen molar-refractivity contribution in [2.24, 2.45) is 11.3 Å². The van der Waals surface area contributed by atoms with Crippen LogP contribution in [0.4, 0.5) is 0 Å². The molecule has 0 bridgehead atoms. The molecular weight excluding hydrogens is 764 g/mol. The molecule has 3 fully saturated rings. The quantitative estimate of drug-likeness (QED) is 0.0687. The van der Waals surface area contributed by atoms with E-state index in [-0.39, 0.29) is 17.1 Å². The molecule has 0 saturated carbocycles. The molecule has 0 aromatic heterocycles.